The number of carbonyl (C=O) groups is 2. The van der Waals surface area contributed by atoms with Crippen LogP contribution in [0.5, 0.6) is 0 Å². The van der Waals surface area contributed by atoms with Crippen LogP contribution in [0.4, 0.5) is 11.5 Å². The Morgan fingerprint density at radius 1 is 1.11 bits per heavy atom. The zero-order valence-corrected chi connectivity index (χ0v) is 21.2. The van der Waals surface area contributed by atoms with Gasteiger partial charge in [-0.05, 0) is 69.5 Å². The van der Waals surface area contributed by atoms with Crippen LogP contribution in [-0.4, -0.2) is 51.5 Å². The summed E-state index contributed by atoms with van der Waals surface area (Å²) in [5, 5.41) is 13.0. The first kappa shape index (κ1) is 24.9. The molecule has 3 aromatic rings. The van der Waals surface area contributed by atoms with Gasteiger partial charge in [0.15, 0.2) is 5.82 Å². The number of piperidine rings is 1. The molecule has 3 heterocycles. The molecule has 2 aliphatic rings. The molecular weight excluding hydrogens is 464 g/mol. The minimum absolute atomic E-state index is 0.106. The lowest BCUT2D eigenvalue weighted by Crippen LogP contribution is -2.29. The van der Waals surface area contributed by atoms with Crippen molar-refractivity contribution >= 4 is 23.3 Å². The summed E-state index contributed by atoms with van der Waals surface area (Å²) in [7, 11) is 0. The van der Waals surface area contributed by atoms with Crippen LogP contribution in [0.15, 0.2) is 60.8 Å². The van der Waals surface area contributed by atoms with Crippen molar-refractivity contribution in [3.8, 4) is 11.3 Å². The number of benzene rings is 1. The second-order valence-electron chi connectivity index (χ2n) is 10.0. The van der Waals surface area contributed by atoms with Gasteiger partial charge in [0.2, 0.25) is 11.8 Å². The van der Waals surface area contributed by atoms with Crippen molar-refractivity contribution in [3.05, 3.63) is 72.1 Å². The summed E-state index contributed by atoms with van der Waals surface area (Å²) in [4.78, 5) is 32.0. The average molecular weight is 499 g/mol. The largest absolute Gasteiger partial charge is 0.321 e. The number of hydrogen-bond acceptors (Lipinski definition) is 5. The van der Waals surface area contributed by atoms with Crippen LogP contribution >= 0.6 is 0 Å². The molecule has 3 N–H and O–H groups in total. The standard InChI is InChI=1S/C29H34N6O2/c1-20(29(37)32-27-18-26(33-34-27)21-10-11-21)22-7-5-8-23(17-22)25-13-12-24(19-30-25)31-28(36)9-6-16-35-14-3-2-4-15-35/h5-9,12-13,17-21H,2-4,10-11,14-16H2,1H3,(H,31,36)(H2,32,33,34,37). The van der Waals surface area contributed by atoms with E-state index in [1.807, 2.05) is 55.5 Å². The molecule has 1 atom stereocenters. The van der Waals surface area contributed by atoms with Crippen LogP contribution < -0.4 is 10.6 Å². The number of anilines is 2. The third kappa shape index (κ3) is 6.71. The van der Waals surface area contributed by atoms with E-state index in [1.165, 1.54) is 32.1 Å². The van der Waals surface area contributed by atoms with E-state index in [1.54, 1.807) is 12.3 Å². The topological polar surface area (TPSA) is 103 Å². The third-order valence-corrected chi connectivity index (χ3v) is 7.05. The minimum atomic E-state index is -0.351. The van der Waals surface area contributed by atoms with Gasteiger partial charge in [0, 0.05) is 35.9 Å². The van der Waals surface area contributed by atoms with E-state index >= 15 is 0 Å². The van der Waals surface area contributed by atoms with Crippen LogP contribution in [0.25, 0.3) is 11.3 Å². The highest BCUT2D eigenvalue weighted by Crippen LogP contribution is 2.39. The lowest BCUT2D eigenvalue weighted by molar-refractivity contribution is -0.117. The molecular formula is C29H34N6O2. The summed E-state index contributed by atoms with van der Waals surface area (Å²) in [5.74, 6) is 0.507. The normalized spacial score (nSPS) is 17.0. The van der Waals surface area contributed by atoms with Crippen molar-refractivity contribution in [2.75, 3.05) is 30.3 Å². The first-order valence-corrected chi connectivity index (χ1v) is 13.2. The van der Waals surface area contributed by atoms with Crippen LogP contribution in [0.3, 0.4) is 0 Å². The number of aromatic amines is 1. The zero-order chi connectivity index (χ0) is 25.6. The monoisotopic (exact) mass is 498 g/mol. The number of likely N-dealkylation sites (tertiary alicyclic amines) is 1. The Hall–Kier alpha value is -3.78. The SMILES string of the molecule is CC(C(=O)Nc1cc(C2CC2)[nH]n1)c1cccc(-c2ccc(NC(=O)C=CCN3CCCCC3)cn2)c1. The molecule has 2 fully saturated rings. The molecule has 192 valence electrons. The number of hydrogen-bond donors (Lipinski definition) is 3. The number of aromatic nitrogens is 3. The number of amides is 2. The molecule has 1 saturated heterocycles. The molecule has 1 saturated carbocycles. The first-order valence-electron chi connectivity index (χ1n) is 13.2. The van der Waals surface area contributed by atoms with Crippen molar-refractivity contribution in [3.63, 3.8) is 0 Å². The maximum atomic E-state index is 12.8. The van der Waals surface area contributed by atoms with Crippen LogP contribution in [0, 0.1) is 0 Å². The van der Waals surface area contributed by atoms with Crippen LogP contribution in [0.1, 0.15) is 62.1 Å². The maximum absolute atomic E-state index is 12.8. The summed E-state index contributed by atoms with van der Waals surface area (Å²) in [5.41, 5.74) is 4.31. The second kappa shape index (κ2) is 11.5. The molecule has 2 aromatic heterocycles. The fraction of sp³-hybridized carbons (Fsp3) is 0.379. The molecule has 1 aliphatic carbocycles. The highest BCUT2D eigenvalue weighted by atomic mass is 16.2. The summed E-state index contributed by atoms with van der Waals surface area (Å²) in [6.07, 6.45) is 11.3. The van der Waals surface area contributed by atoms with Crippen molar-refractivity contribution in [1.82, 2.24) is 20.1 Å². The minimum Gasteiger partial charge on any atom is -0.321 e. The van der Waals surface area contributed by atoms with E-state index in [-0.39, 0.29) is 17.7 Å². The first-order chi connectivity index (χ1) is 18.0. The van der Waals surface area contributed by atoms with Gasteiger partial charge in [-0.2, -0.15) is 5.10 Å². The van der Waals surface area contributed by atoms with Crippen LogP contribution in [-0.2, 0) is 9.59 Å². The highest BCUT2D eigenvalue weighted by Gasteiger charge is 2.26. The van der Waals surface area contributed by atoms with Crippen molar-refractivity contribution in [2.24, 2.45) is 0 Å². The highest BCUT2D eigenvalue weighted by molar-refractivity contribution is 5.99. The van der Waals surface area contributed by atoms with E-state index in [9.17, 15) is 9.59 Å². The Kier molecular flexibility index (Phi) is 7.75. The molecule has 8 nitrogen and oxygen atoms in total. The lowest BCUT2D eigenvalue weighted by atomic mass is 9.97. The fourth-order valence-electron chi connectivity index (χ4n) is 4.63. The Labute approximate surface area is 217 Å². The average Bonchev–Trinajstić information content (AvgIpc) is 3.68. The number of nitrogens with zero attached hydrogens (tertiary/aromatic N) is 3. The Bertz CT molecular complexity index is 1260. The fourth-order valence-corrected chi connectivity index (χ4v) is 4.63. The predicted molar refractivity (Wildman–Crippen MR) is 145 cm³/mol. The number of rotatable bonds is 9. The lowest BCUT2D eigenvalue weighted by Gasteiger charge is -2.24. The Morgan fingerprint density at radius 2 is 1.95 bits per heavy atom. The van der Waals surface area contributed by atoms with Gasteiger partial charge in [-0.15, -0.1) is 0 Å². The van der Waals surface area contributed by atoms with Gasteiger partial charge in [0.1, 0.15) is 0 Å². The third-order valence-electron chi connectivity index (χ3n) is 7.05. The van der Waals surface area contributed by atoms with Gasteiger partial charge in [0.25, 0.3) is 0 Å². The summed E-state index contributed by atoms with van der Waals surface area (Å²) >= 11 is 0. The molecule has 0 spiro atoms. The maximum Gasteiger partial charge on any atom is 0.248 e. The summed E-state index contributed by atoms with van der Waals surface area (Å²) in [6.45, 7) is 4.90. The molecule has 1 unspecified atom stereocenters. The van der Waals surface area contributed by atoms with Crippen molar-refractivity contribution in [2.45, 2.75) is 50.9 Å². The molecule has 1 aliphatic heterocycles. The second-order valence-corrected chi connectivity index (χ2v) is 10.0. The van der Waals surface area contributed by atoms with Gasteiger partial charge < -0.3 is 10.6 Å². The van der Waals surface area contributed by atoms with E-state index in [0.717, 1.165) is 42.1 Å². The molecule has 1 aromatic carbocycles. The summed E-state index contributed by atoms with van der Waals surface area (Å²) < 4.78 is 0. The van der Waals surface area contributed by atoms with Gasteiger partial charge in [-0.25, -0.2) is 0 Å². The molecule has 5 rings (SSSR count). The predicted octanol–water partition coefficient (Wildman–Crippen LogP) is 5.07. The molecule has 37 heavy (non-hydrogen) atoms. The van der Waals surface area contributed by atoms with E-state index in [2.05, 4.69) is 30.7 Å². The Morgan fingerprint density at radius 3 is 2.70 bits per heavy atom. The van der Waals surface area contributed by atoms with E-state index in [0.29, 0.717) is 17.4 Å². The van der Waals surface area contributed by atoms with E-state index < -0.39 is 0 Å². The molecule has 2 amide bonds. The number of nitrogens with one attached hydrogen (secondary N) is 3. The van der Waals surface area contributed by atoms with Gasteiger partial charge in [-0.1, -0.05) is 30.7 Å². The zero-order valence-electron chi connectivity index (χ0n) is 21.2. The molecule has 0 radical (unpaired) electrons. The Balaban J connectivity index is 1.16. The quantitative estimate of drug-likeness (QED) is 0.357. The molecule has 8 heteroatoms. The van der Waals surface area contributed by atoms with E-state index in [4.69, 9.17) is 0 Å². The van der Waals surface area contributed by atoms with Crippen LogP contribution in [0.2, 0.25) is 0 Å². The molecule has 0 bridgehead atoms. The van der Waals surface area contributed by atoms with Crippen molar-refractivity contribution < 1.29 is 9.59 Å². The smallest absolute Gasteiger partial charge is 0.248 e. The number of pyridine rings is 1. The van der Waals surface area contributed by atoms with Gasteiger partial charge >= 0.3 is 0 Å². The van der Waals surface area contributed by atoms with Gasteiger partial charge in [0.05, 0.1) is 23.5 Å². The van der Waals surface area contributed by atoms with Crippen molar-refractivity contribution in [1.29, 1.82) is 0 Å². The number of carbonyl (C=O) groups excluding carboxylic acids is 2. The number of H-pyrrole nitrogens is 1. The van der Waals surface area contributed by atoms with Gasteiger partial charge in [-0.3, -0.25) is 24.6 Å². The summed E-state index contributed by atoms with van der Waals surface area (Å²) in [6, 6.07) is 13.5.